The molecule has 6 aliphatic rings. The van der Waals surface area contributed by atoms with E-state index in [2.05, 4.69) is 39.0 Å². The van der Waals surface area contributed by atoms with Crippen LogP contribution >= 0.6 is 0 Å². The van der Waals surface area contributed by atoms with Crippen LogP contribution in [-0.4, -0.2) is 23.3 Å². The fraction of sp³-hybridized carbons (Fsp3) is 0.844. The molecule has 3 nitrogen and oxygen atoms in total. The van der Waals surface area contributed by atoms with E-state index in [9.17, 15) is 9.90 Å². The van der Waals surface area contributed by atoms with E-state index in [1.54, 1.807) is 5.57 Å². The van der Waals surface area contributed by atoms with Gasteiger partial charge in [-0.15, -0.1) is 0 Å². The molecule has 1 N–H and O–H groups in total. The number of ether oxygens (including phenoxy) is 1. The van der Waals surface area contributed by atoms with Crippen molar-refractivity contribution in [1.29, 1.82) is 0 Å². The molecule has 0 unspecified atom stereocenters. The molecule has 6 aliphatic carbocycles. The highest BCUT2D eigenvalue weighted by molar-refractivity contribution is 5.69. The zero-order chi connectivity index (χ0) is 24.4. The minimum Gasteiger partial charge on any atom is -0.462 e. The molecule has 0 aromatic heterocycles. The van der Waals surface area contributed by atoms with Gasteiger partial charge in [-0.3, -0.25) is 4.79 Å². The Kier molecular flexibility index (Phi) is 6.26. The maximum Gasteiger partial charge on any atom is 0.306 e. The first kappa shape index (κ1) is 24.3. The first-order chi connectivity index (χ1) is 16.8. The van der Waals surface area contributed by atoms with Gasteiger partial charge in [0.05, 0.1) is 6.10 Å². The molecule has 0 aromatic rings. The lowest BCUT2D eigenvalue weighted by molar-refractivity contribution is -0.150. The number of carbonyl (C=O) groups is 1. The molecule has 194 valence electrons. The summed E-state index contributed by atoms with van der Waals surface area (Å²) < 4.78 is 6.00. The first-order valence-electron chi connectivity index (χ1n) is 15.0. The average molecular weight is 481 g/mol. The smallest absolute Gasteiger partial charge is 0.306 e. The van der Waals surface area contributed by atoms with Crippen molar-refractivity contribution in [3.8, 4) is 0 Å². The summed E-state index contributed by atoms with van der Waals surface area (Å²) in [7, 11) is 0. The predicted octanol–water partition coefficient (Wildman–Crippen LogP) is 7.24. The summed E-state index contributed by atoms with van der Waals surface area (Å²) in [6.45, 7) is 7.56. The number of esters is 1. The molecule has 4 saturated carbocycles. The Labute approximate surface area is 213 Å². The highest BCUT2D eigenvalue weighted by Crippen LogP contribution is 2.67. The van der Waals surface area contributed by atoms with E-state index >= 15 is 0 Å². The van der Waals surface area contributed by atoms with E-state index in [4.69, 9.17) is 4.74 Å². The number of aliphatic hydroxyl groups excluding tert-OH is 1. The SMILES string of the molecule is C[C@H](CCC(=O)O[C@@H]1C[C@H]2CC=C[C@H]1C2)[C@@H]1CC[C@@H]2[C@H]3CC=C4C[C@@H](O)CC[C@]4(C)[C@@H]3CC[C@@]21C. The summed E-state index contributed by atoms with van der Waals surface area (Å²) in [5.41, 5.74) is 2.32. The minimum atomic E-state index is -0.118. The predicted molar refractivity (Wildman–Crippen MR) is 139 cm³/mol. The van der Waals surface area contributed by atoms with E-state index < -0.39 is 0 Å². The molecule has 11 atom stereocenters. The Morgan fingerprint density at radius 3 is 2.80 bits per heavy atom. The normalized spacial score (nSPS) is 49.0. The van der Waals surface area contributed by atoms with Gasteiger partial charge in [-0.25, -0.2) is 0 Å². The van der Waals surface area contributed by atoms with Gasteiger partial charge in [0, 0.05) is 12.3 Å². The van der Waals surface area contributed by atoms with E-state index in [0.717, 1.165) is 55.3 Å². The van der Waals surface area contributed by atoms with Crippen molar-refractivity contribution >= 4 is 5.97 Å². The number of fused-ring (bicyclic) bond motifs is 7. The zero-order valence-electron chi connectivity index (χ0n) is 22.4. The maximum atomic E-state index is 12.8. The van der Waals surface area contributed by atoms with E-state index in [1.165, 1.54) is 51.4 Å². The maximum absolute atomic E-state index is 12.8. The highest BCUT2D eigenvalue weighted by Gasteiger charge is 2.59. The summed E-state index contributed by atoms with van der Waals surface area (Å²) in [5.74, 6) is 5.02. The minimum absolute atomic E-state index is 0.0450. The molecule has 6 rings (SSSR count). The fourth-order valence-corrected chi connectivity index (χ4v) is 10.5. The number of aliphatic hydroxyl groups is 1. The third kappa shape index (κ3) is 4.07. The number of hydrogen-bond acceptors (Lipinski definition) is 3. The topological polar surface area (TPSA) is 46.5 Å². The fourth-order valence-electron chi connectivity index (χ4n) is 10.5. The van der Waals surface area contributed by atoms with Crippen molar-refractivity contribution in [3.63, 3.8) is 0 Å². The molecule has 2 bridgehead atoms. The Balaban J connectivity index is 1.08. The van der Waals surface area contributed by atoms with Crippen LogP contribution in [0.2, 0.25) is 0 Å². The van der Waals surface area contributed by atoms with Gasteiger partial charge in [0.1, 0.15) is 6.10 Å². The Morgan fingerprint density at radius 1 is 1.11 bits per heavy atom. The summed E-state index contributed by atoms with van der Waals surface area (Å²) in [6.07, 6.45) is 21.9. The molecule has 3 heteroatoms. The van der Waals surface area contributed by atoms with Crippen molar-refractivity contribution in [2.75, 3.05) is 0 Å². The van der Waals surface area contributed by atoms with E-state index in [1.807, 2.05) is 0 Å². The van der Waals surface area contributed by atoms with Crippen molar-refractivity contribution < 1.29 is 14.6 Å². The molecule has 0 radical (unpaired) electrons. The van der Waals surface area contributed by atoms with E-state index in [0.29, 0.717) is 29.1 Å². The number of allylic oxidation sites excluding steroid dienone is 2. The Hall–Kier alpha value is -1.09. The quantitative estimate of drug-likeness (QED) is 0.333. The van der Waals surface area contributed by atoms with E-state index in [-0.39, 0.29) is 18.2 Å². The second-order valence-corrected chi connectivity index (χ2v) is 14.1. The summed E-state index contributed by atoms with van der Waals surface area (Å²) in [6, 6.07) is 0. The van der Waals surface area contributed by atoms with Crippen LogP contribution in [0.25, 0.3) is 0 Å². The van der Waals surface area contributed by atoms with Crippen LogP contribution in [0.3, 0.4) is 0 Å². The monoisotopic (exact) mass is 480 g/mol. The van der Waals surface area contributed by atoms with Crippen molar-refractivity contribution in [2.24, 2.45) is 52.3 Å². The van der Waals surface area contributed by atoms with Crippen LogP contribution in [0.1, 0.15) is 104 Å². The molecule has 0 spiro atoms. The van der Waals surface area contributed by atoms with Gasteiger partial charge in [-0.2, -0.15) is 0 Å². The van der Waals surface area contributed by atoms with Gasteiger partial charge in [-0.05, 0) is 123 Å². The standard InChI is InChI=1S/C32H48O3/c1-20(7-12-30(34)35-29-18-21-5-4-6-22(29)17-21)26-10-11-27-25-9-8-23-19-24(33)13-15-31(23,2)28(25)14-16-32(26,27)3/h4,6,8,20-22,24-29,33H,5,7,9-19H2,1-3H3/t20-,21+,22+,24+,25-,26+,27-,28-,29-,31+,32-/m1/s1. The van der Waals surface area contributed by atoms with Crippen LogP contribution in [-0.2, 0) is 9.53 Å². The number of hydrogen-bond donors (Lipinski definition) is 1. The van der Waals surface area contributed by atoms with Gasteiger partial charge in [-0.1, -0.05) is 44.6 Å². The highest BCUT2D eigenvalue weighted by atomic mass is 16.5. The van der Waals surface area contributed by atoms with Crippen LogP contribution in [0.15, 0.2) is 23.8 Å². The van der Waals surface area contributed by atoms with Crippen molar-refractivity contribution in [1.82, 2.24) is 0 Å². The largest absolute Gasteiger partial charge is 0.462 e. The van der Waals surface area contributed by atoms with Crippen LogP contribution in [0.4, 0.5) is 0 Å². The molecule has 0 saturated heterocycles. The Morgan fingerprint density at radius 2 is 1.97 bits per heavy atom. The van der Waals surface area contributed by atoms with Crippen LogP contribution in [0, 0.1) is 52.3 Å². The first-order valence-corrected chi connectivity index (χ1v) is 15.0. The van der Waals surface area contributed by atoms with Gasteiger partial charge in [0.25, 0.3) is 0 Å². The molecule has 0 heterocycles. The average Bonchev–Trinajstić information content (AvgIpc) is 3.33. The third-order valence-electron chi connectivity index (χ3n) is 12.4. The van der Waals surface area contributed by atoms with Gasteiger partial charge >= 0.3 is 5.97 Å². The molecular weight excluding hydrogens is 432 g/mol. The zero-order valence-corrected chi connectivity index (χ0v) is 22.4. The lowest BCUT2D eigenvalue weighted by atomic mass is 9.47. The summed E-state index contributed by atoms with van der Waals surface area (Å²) in [4.78, 5) is 12.8. The number of carbonyl (C=O) groups excluding carboxylic acids is 1. The second-order valence-electron chi connectivity index (χ2n) is 14.1. The van der Waals surface area contributed by atoms with Crippen LogP contribution in [0.5, 0.6) is 0 Å². The molecule has 35 heavy (non-hydrogen) atoms. The second kappa shape index (κ2) is 9.03. The molecular formula is C32H48O3. The number of rotatable bonds is 5. The Bertz CT molecular complexity index is 889. The molecule has 0 aromatic carbocycles. The van der Waals surface area contributed by atoms with Gasteiger partial charge < -0.3 is 9.84 Å². The molecule has 0 amide bonds. The third-order valence-corrected chi connectivity index (χ3v) is 12.4. The van der Waals surface area contributed by atoms with Crippen molar-refractivity contribution in [3.05, 3.63) is 23.8 Å². The van der Waals surface area contributed by atoms with Gasteiger partial charge in [0.2, 0.25) is 0 Å². The van der Waals surface area contributed by atoms with Gasteiger partial charge in [0.15, 0.2) is 0 Å². The summed E-state index contributed by atoms with van der Waals surface area (Å²) in [5, 5.41) is 10.3. The van der Waals surface area contributed by atoms with Crippen LogP contribution < -0.4 is 0 Å². The lowest BCUT2D eigenvalue weighted by Crippen LogP contribution is -2.50. The van der Waals surface area contributed by atoms with Crippen molar-refractivity contribution in [2.45, 2.75) is 116 Å². The molecule has 4 fully saturated rings. The lowest BCUT2D eigenvalue weighted by Gasteiger charge is -2.58. The molecule has 0 aliphatic heterocycles. The summed E-state index contributed by atoms with van der Waals surface area (Å²) >= 11 is 0.